The topological polar surface area (TPSA) is 86.8 Å². The molecule has 7 nitrogen and oxygen atoms in total. The zero-order valence-electron chi connectivity index (χ0n) is 26.0. The van der Waals surface area contributed by atoms with Gasteiger partial charge in [-0.3, -0.25) is 13.9 Å². The van der Waals surface area contributed by atoms with Crippen molar-refractivity contribution < 1.29 is 18.0 Å². The van der Waals surface area contributed by atoms with Gasteiger partial charge in [-0.15, -0.1) is 0 Å². The van der Waals surface area contributed by atoms with Gasteiger partial charge < -0.3 is 10.2 Å². The molecule has 4 aromatic carbocycles. The fourth-order valence-corrected chi connectivity index (χ4v) is 7.17. The molecule has 4 aromatic rings. The third-order valence-corrected chi connectivity index (χ3v) is 9.90. The van der Waals surface area contributed by atoms with Crippen molar-refractivity contribution in [2.24, 2.45) is 0 Å². The number of carbonyl (C=O) groups is 2. The number of hydrogen-bond donors (Lipinski definition) is 1. The molecule has 2 amide bonds. The van der Waals surface area contributed by atoms with E-state index in [0.717, 1.165) is 25.5 Å². The minimum atomic E-state index is -4.32. The molecule has 0 aliphatic carbocycles. The Kier molecular flexibility index (Phi) is 11.6. The Bertz CT molecular complexity index is 1800. The standard InChI is InChI=1S/C35H36BrCl2N3O4S/c1-24-13-16-29(17-14-24)46(44,45)41(31-21-28(37)15-18-30(31)38)23-33(42)40(22-26-11-8-12-27(36)19-26)32(34(43)39-35(2,3)4)20-25-9-6-5-7-10-25/h5-19,21,32H,20,22-23H2,1-4H3,(H,39,43)/t32-/m1/s1. The van der Waals surface area contributed by atoms with Crippen molar-refractivity contribution in [3.63, 3.8) is 0 Å². The third-order valence-electron chi connectivity index (χ3n) is 7.08. The van der Waals surface area contributed by atoms with Crippen LogP contribution in [-0.4, -0.2) is 43.3 Å². The smallest absolute Gasteiger partial charge is 0.264 e. The number of benzene rings is 4. The quantitative estimate of drug-likeness (QED) is 0.170. The number of amides is 2. The van der Waals surface area contributed by atoms with E-state index in [4.69, 9.17) is 23.2 Å². The number of rotatable bonds is 11. The van der Waals surface area contributed by atoms with Crippen LogP contribution >= 0.6 is 39.1 Å². The van der Waals surface area contributed by atoms with Gasteiger partial charge in [0.2, 0.25) is 11.8 Å². The number of nitrogens with zero attached hydrogens (tertiary/aromatic N) is 2. The maximum absolute atomic E-state index is 14.6. The number of halogens is 3. The van der Waals surface area contributed by atoms with E-state index < -0.39 is 34.1 Å². The number of anilines is 1. The first-order valence-electron chi connectivity index (χ1n) is 14.6. The molecule has 11 heteroatoms. The molecular weight excluding hydrogens is 709 g/mol. The summed E-state index contributed by atoms with van der Waals surface area (Å²) >= 11 is 16.4. The maximum atomic E-state index is 14.6. The zero-order chi connectivity index (χ0) is 33.6. The van der Waals surface area contributed by atoms with Crippen LogP contribution in [0.15, 0.2) is 106 Å². The second-order valence-electron chi connectivity index (χ2n) is 12.0. The minimum absolute atomic E-state index is 0.0215. The first-order valence-corrected chi connectivity index (χ1v) is 17.6. The predicted molar refractivity (Wildman–Crippen MR) is 189 cm³/mol. The normalized spacial score (nSPS) is 12.3. The second kappa shape index (κ2) is 15.0. The van der Waals surface area contributed by atoms with Gasteiger partial charge in [0, 0.05) is 28.0 Å². The van der Waals surface area contributed by atoms with Gasteiger partial charge in [-0.2, -0.15) is 0 Å². The molecule has 1 atom stereocenters. The summed E-state index contributed by atoms with van der Waals surface area (Å²) in [5, 5.41) is 3.36. The molecule has 0 bridgehead atoms. The summed E-state index contributed by atoms with van der Waals surface area (Å²) < 4.78 is 30.2. The Hall–Kier alpha value is -3.37. The van der Waals surface area contributed by atoms with Crippen LogP contribution in [0.25, 0.3) is 0 Å². The summed E-state index contributed by atoms with van der Waals surface area (Å²) in [7, 11) is -4.32. The summed E-state index contributed by atoms with van der Waals surface area (Å²) in [6.07, 6.45) is 0.200. The zero-order valence-corrected chi connectivity index (χ0v) is 29.9. The van der Waals surface area contributed by atoms with Crippen molar-refractivity contribution in [2.75, 3.05) is 10.8 Å². The van der Waals surface area contributed by atoms with Crippen molar-refractivity contribution in [3.05, 3.63) is 128 Å². The fraction of sp³-hybridized carbons (Fsp3) is 0.257. The summed E-state index contributed by atoms with van der Waals surface area (Å²) in [5.41, 5.74) is 1.91. The molecule has 0 saturated heterocycles. The van der Waals surface area contributed by atoms with Crippen LogP contribution in [0.3, 0.4) is 0 Å². The van der Waals surface area contributed by atoms with E-state index in [2.05, 4.69) is 21.2 Å². The lowest BCUT2D eigenvalue weighted by atomic mass is 10.0. The van der Waals surface area contributed by atoms with Crippen LogP contribution in [0.5, 0.6) is 0 Å². The lowest BCUT2D eigenvalue weighted by Crippen LogP contribution is -2.56. The molecule has 46 heavy (non-hydrogen) atoms. The molecule has 0 aliphatic rings. The largest absolute Gasteiger partial charge is 0.350 e. The summed E-state index contributed by atoms with van der Waals surface area (Å²) in [5.74, 6) is -0.967. The Morgan fingerprint density at radius 3 is 2.15 bits per heavy atom. The molecular formula is C35H36BrCl2N3O4S. The molecule has 4 rings (SSSR count). The highest BCUT2D eigenvalue weighted by Crippen LogP contribution is 2.33. The van der Waals surface area contributed by atoms with E-state index >= 15 is 0 Å². The van der Waals surface area contributed by atoms with E-state index in [0.29, 0.717) is 0 Å². The lowest BCUT2D eigenvalue weighted by molar-refractivity contribution is -0.140. The molecule has 0 heterocycles. The molecule has 0 aromatic heterocycles. The monoisotopic (exact) mass is 743 g/mol. The highest BCUT2D eigenvalue weighted by molar-refractivity contribution is 9.10. The number of sulfonamides is 1. The first-order chi connectivity index (χ1) is 21.6. The highest BCUT2D eigenvalue weighted by Gasteiger charge is 2.36. The molecule has 0 radical (unpaired) electrons. The molecule has 1 N–H and O–H groups in total. The predicted octanol–water partition coefficient (Wildman–Crippen LogP) is 7.81. The average Bonchev–Trinajstić information content (AvgIpc) is 2.98. The van der Waals surface area contributed by atoms with Crippen molar-refractivity contribution in [2.45, 2.75) is 57.1 Å². The number of nitrogens with one attached hydrogen (secondary N) is 1. The molecule has 0 fully saturated rings. The maximum Gasteiger partial charge on any atom is 0.264 e. The Balaban J connectivity index is 1.85. The van der Waals surface area contributed by atoms with Gasteiger partial charge in [0.1, 0.15) is 12.6 Å². The number of carbonyl (C=O) groups excluding carboxylic acids is 2. The second-order valence-corrected chi connectivity index (χ2v) is 15.6. The molecule has 242 valence electrons. The van der Waals surface area contributed by atoms with Crippen molar-refractivity contribution in [1.29, 1.82) is 0 Å². The van der Waals surface area contributed by atoms with E-state index in [1.54, 1.807) is 12.1 Å². The Labute approximate surface area is 289 Å². The molecule has 0 aliphatic heterocycles. The highest BCUT2D eigenvalue weighted by atomic mass is 79.9. The molecule has 0 spiro atoms. The van der Waals surface area contributed by atoms with E-state index in [1.165, 1.54) is 35.2 Å². The fourth-order valence-electron chi connectivity index (χ4n) is 4.87. The van der Waals surface area contributed by atoms with Crippen molar-refractivity contribution in [3.8, 4) is 0 Å². The van der Waals surface area contributed by atoms with E-state index in [-0.39, 0.29) is 39.5 Å². The van der Waals surface area contributed by atoms with Crippen LogP contribution in [0, 0.1) is 6.92 Å². The van der Waals surface area contributed by atoms with E-state index in [9.17, 15) is 18.0 Å². The SMILES string of the molecule is Cc1ccc(S(=O)(=O)N(CC(=O)N(Cc2cccc(Br)c2)[C@H](Cc2ccccc2)C(=O)NC(C)(C)C)c2cc(Cl)ccc2Cl)cc1. The summed E-state index contributed by atoms with van der Waals surface area (Å²) in [4.78, 5) is 30.0. The van der Waals surface area contributed by atoms with Gasteiger partial charge in [0.15, 0.2) is 0 Å². The van der Waals surface area contributed by atoms with E-state index in [1.807, 2.05) is 82.3 Å². The first kappa shape index (κ1) is 35.5. The molecule has 0 unspecified atom stereocenters. The lowest BCUT2D eigenvalue weighted by Gasteiger charge is -2.35. The number of hydrogen-bond acceptors (Lipinski definition) is 4. The van der Waals surface area contributed by atoms with Crippen LogP contribution in [0.2, 0.25) is 10.0 Å². The Morgan fingerprint density at radius 1 is 0.870 bits per heavy atom. The van der Waals surface area contributed by atoms with Crippen molar-refractivity contribution in [1.82, 2.24) is 10.2 Å². The van der Waals surface area contributed by atoms with Crippen LogP contribution < -0.4 is 9.62 Å². The Morgan fingerprint density at radius 2 is 1.52 bits per heavy atom. The molecule has 0 saturated carbocycles. The summed E-state index contributed by atoms with van der Waals surface area (Å²) in [6, 6.07) is 26.6. The van der Waals surface area contributed by atoms with Crippen molar-refractivity contribution >= 4 is 66.7 Å². The summed E-state index contributed by atoms with van der Waals surface area (Å²) in [6.45, 7) is 6.83. The van der Waals surface area contributed by atoms with Gasteiger partial charge in [0.25, 0.3) is 10.0 Å². The van der Waals surface area contributed by atoms with Gasteiger partial charge in [-0.05, 0) is 81.3 Å². The van der Waals surface area contributed by atoms with Gasteiger partial charge >= 0.3 is 0 Å². The van der Waals surface area contributed by atoms with Crippen LogP contribution in [0.4, 0.5) is 5.69 Å². The number of aryl methyl sites for hydroxylation is 1. The van der Waals surface area contributed by atoms with Crippen LogP contribution in [-0.2, 0) is 32.6 Å². The average molecular weight is 746 g/mol. The van der Waals surface area contributed by atoms with Gasteiger partial charge in [-0.25, -0.2) is 8.42 Å². The minimum Gasteiger partial charge on any atom is -0.350 e. The third kappa shape index (κ3) is 9.35. The van der Waals surface area contributed by atoms with Crippen LogP contribution in [0.1, 0.15) is 37.5 Å². The van der Waals surface area contributed by atoms with Gasteiger partial charge in [-0.1, -0.05) is 99.3 Å². The van der Waals surface area contributed by atoms with Gasteiger partial charge in [0.05, 0.1) is 15.6 Å².